The highest BCUT2D eigenvalue weighted by atomic mass is 32.2. The van der Waals surface area contributed by atoms with E-state index >= 15 is 0 Å². The number of hydrogen-bond donors (Lipinski definition) is 2. The van der Waals surface area contributed by atoms with Gasteiger partial charge < -0.3 is 10.1 Å². The van der Waals surface area contributed by atoms with Crippen LogP contribution in [0.15, 0.2) is 15.7 Å². The number of rotatable bonds is 7. The Bertz CT molecular complexity index is 585. The van der Waals surface area contributed by atoms with Crippen molar-refractivity contribution < 1.29 is 13.2 Å². The van der Waals surface area contributed by atoms with E-state index in [0.29, 0.717) is 4.21 Å². The van der Waals surface area contributed by atoms with Crippen LogP contribution in [0.3, 0.4) is 0 Å². The van der Waals surface area contributed by atoms with E-state index in [1.165, 1.54) is 11.3 Å². The van der Waals surface area contributed by atoms with E-state index in [1.807, 2.05) is 5.38 Å². The molecule has 0 spiro atoms. The summed E-state index contributed by atoms with van der Waals surface area (Å²) < 4.78 is 33.8. The van der Waals surface area contributed by atoms with E-state index in [0.717, 1.165) is 44.3 Å². The first-order chi connectivity index (χ1) is 10.1. The van der Waals surface area contributed by atoms with Crippen molar-refractivity contribution in [3.63, 3.8) is 0 Å². The predicted molar refractivity (Wildman–Crippen MR) is 82.9 cm³/mol. The van der Waals surface area contributed by atoms with Crippen LogP contribution >= 0.6 is 11.3 Å². The minimum atomic E-state index is -3.42. The molecule has 2 fully saturated rings. The summed E-state index contributed by atoms with van der Waals surface area (Å²) in [6.07, 6.45) is 4.22. The van der Waals surface area contributed by atoms with E-state index in [2.05, 4.69) is 17.0 Å². The Morgan fingerprint density at radius 1 is 1.43 bits per heavy atom. The maximum atomic E-state index is 12.4. The topological polar surface area (TPSA) is 67.4 Å². The molecule has 7 heteroatoms. The van der Waals surface area contributed by atoms with E-state index in [4.69, 9.17) is 4.74 Å². The maximum absolute atomic E-state index is 12.4. The van der Waals surface area contributed by atoms with Crippen molar-refractivity contribution in [1.82, 2.24) is 10.0 Å². The molecule has 118 valence electrons. The molecule has 0 aromatic carbocycles. The molecule has 3 unspecified atom stereocenters. The summed E-state index contributed by atoms with van der Waals surface area (Å²) in [7, 11) is -3.42. The van der Waals surface area contributed by atoms with Crippen molar-refractivity contribution in [1.29, 1.82) is 0 Å². The fraction of sp³-hybridized carbons (Fsp3) is 0.714. The molecule has 2 aliphatic rings. The average Bonchev–Trinajstić information content (AvgIpc) is 3.13. The van der Waals surface area contributed by atoms with Gasteiger partial charge in [0.25, 0.3) is 0 Å². The van der Waals surface area contributed by atoms with Crippen LogP contribution in [0.25, 0.3) is 0 Å². The summed E-state index contributed by atoms with van der Waals surface area (Å²) >= 11 is 1.29. The van der Waals surface area contributed by atoms with Crippen molar-refractivity contribution >= 4 is 21.4 Å². The SMILES string of the molecule is CCCNCc1csc(S(=O)(=O)NC2CC3CCC2O3)c1. The first-order valence-electron chi connectivity index (χ1n) is 7.54. The minimum Gasteiger partial charge on any atom is -0.373 e. The van der Waals surface area contributed by atoms with Crippen LogP contribution in [0, 0.1) is 0 Å². The van der Waals surface area contributed by atoms with Crippen molar-refractivity contribution in [2.45, 2.75) is 61.6 Å². The van der Waals surface area contributed by atoms with Gasteiger partial charge in [-0.05, 0) is 49.2 Å². The molecule has 3 atom stereocenters. The highest BCUT2D eigenvalue weighted by Gasteiger charge is 2.42. The number of sulfonamides is 1. The third-order valence-corrected chi connectivity index (χ3v) is 7.04. The van der Waals surface area contributed by atoms with Crippen LogP contribution in [-0.4, -0.2) is 33.2 Å². The lowest BCUT2D eigenvalue weighted by molar-refractivity contribution is 0.0996. The Morgan fingerprint density at radius 2 is 2.29 bits per heavy atom. The van der Waals surface area contributed by atoms with Crippen LogP contribution < -0.4 is 10.0 Å². The Balaban J connectivity index is 1.62. The molecule has 1 aromatic heterocycles. The Kier molecular flexibility index (Phi) is 4.66. The van der Waals surface area contributed by atoms with Crippen LogP contribution in [0.4, 0.5) is 0 Å². The number of ether oxygens (including phenoxy) is 1. The predicted octanol–water partition coefficient (Wildman–Crippen LogP) is 1.85. The molecule has 3 heterocycles. The number of fused-ring (bicyclic) bond motifs is 2. The van der Waals surface area contributed by atoms with E-state index in [9.17, 15) is 8.42 Å². The lowest BCUT2D eigenvalue weighted by Gasteiger charge is -2.19. The number of nitrogens with one attached hydrogen (secondary N) is 2. The first-order valence-corrected chi connectivity index (χ1v) is 9.90. The molecule has 5 nitrogen and oxygen atoms in total. The van der Waals surface area contributed by atoms with Crippen molar-refractivity contribution in [3.8, 4) is 0 Å². The van der Waals surface area contributed by atoms with Gasteiger partial charge in [0.05, 0.1) is 18.2 Å². The Hall–Kier alpha value is -0.470. The molecule has 0 aliphatic carbocycles. The summed E-state index contributed by atoms with van der Waals surface area (Å²) in [4.78, 5) is 0. The summed E-state index contributed by atoms with van der Waals surface area (Å²) in [5.74, 6) is 0. The monoisotopic (exact) mass is 330 g/mol. The smallest absolute Gasteiger partial charge is 0.250 e. The van der Waals surface area contributed by atoms with Gasteiger partial charge in [-0.2, -0.15) is 0 Å². The van der Waals surface area contributed by atoms with E-state index < -0.39 is 10.0 Å². The molecule has 2 N–H and O–H groups in total. The van der Waals surface area contributed by atoms with Gasteiger partial charge >= 0.3 is 0 Å². The second-order valence-corrected chi connectivity index (χ2v) is 8.64. The largest absolute Gasteiger partial charge is 0.373 e. The molecule has 2 aliphatic heterocycles. The molecular formula is C14H22N2O3S2. The van der Waals surface area contributed by atoms with Gasteiger partial charge in [-0.3, -0.25) is 0 Å². The summed E-state index contributed by atoms with van der Waals surface area (Å²) in [5, 5.41) is 5.19. The zero-order chi connectivity index (χ0) is 14.9. The molecule has 0 saturated carbocycles. The first kappa shape index (κ1) is 15.4. The Morgan fingerprint density at radius 3 is 2.95 bits per heavy atom. The molecule has 2 saturated heterocycles. The summed E-state index contributed by atoms with van der Waals surface area (Å²) in [5.41, 5.74) is 1.03. The van der Waals surface area contributed by atoms with Crippen LogP contribution in [0.2, 0.25) is 0 Å². The van der Waals surface area contributed by atoms with Crippen molar-refractivity contribution in [3.05, 3.63) is 17.0 Å². The van der Waals surface area contributed by atoms with Crippen molar-refractivity contribution in [2.24, 2.45) is 0 Å². The third kappa shape index (κ3) is 3.48. The lowest BCUT2D eigenvalue weighted by atomic mass is 9.96. The summed E-state index contributed by atoms with van der Waals surface area (Å²) in [6, 6.07) is 1.71. The highest BCUT2D eigenvalue weighted by molar-refractivity contribution is 7.91. The molecule has 1 aromatic rings. The van der Waals surface area contributed by atoms with Gasteiger partial charge in [0.15, 0.2) is 0 Å². The number of hydrogen-bond acceptors (Lipinski definition) is 5. The van der Waals surface area contributed by atoms with Gasteiger partial charge in [0.2, 0.25) is 10.0 Å². The lowest BCUT2D eigenvalue weighted by Crippen LogP contribution is -2.41. The fourth-order valence-electron chi connectivity index (χ4n) is 3.02. The fourth-order valence-corrected chi connectivity index (χ4v) is 5.52. The molecular weight excluding hydrogens is 308 g/mol. The van der Waals surface area contributed by atoms with E-state index in [1.54, 1.807) is 6.07 Å². The molecule has 3 rings (SSSR count). The van der Waals surface area contributed by atoms with Crippen LogP contribution in [0.5, 0.6) is 0 Å². The third-order valence-electron chi connectivity index (χ3n) is 4.06. The number of thiophene rings is 1. The Labute approximate surface area is 130 Å². The average molecular weight is 330 g/mol. The van der Waals surface area contributed by atoms with Crippen molar-refractivity contribution in [2.75, 3.05) is 6.54 Å². The molecule has 21 heavy (non-hydrogen) atoms. The highest BCUT2D eigenvalue weighted by Crippen LogP contribution is 2.35. The molecule has 0 radical (unpaired) electrons. The van der Waals surface area contributed by atoms with Crippen LogP contribution in [0.1, 0.15) is 38.2 Å². The standard InChI is InChI=1S/C14H22N2O3S2/c1-2-5-15-8-10-6-14(20-9-10)21(17,18)16-12-7-11-3-4-13(12)19-11/h6,9,11-13,15-16H,2-5,7-8H2,1H3. The van der Waals surface area contributed by atoms with E-state index in [-0.39, 0.29) is 18.2 Å². The van der Waals surface area contributed by atoms with Gasteiger partial charge in [-0.1, -0.05) is 6.92 Å². The second-order valence-electron chi connectivity index (χ2n) is 5.79. The molecule has 2 bridgehead atoms. The zero-order valence-electron chi connectivity index (χ0n) is 12.2. The van der Waals surface area contributed by atoms with Gasteiger partial charge in [-0.25, -0.2) is 13.1 Å². The van der Waals surface area contributed by atoms with Crippen LogP contribution in [-0.2, 0) is 21.3 Å². The normalized spacial score (nSPS) is 28.3. The van der Waals surface area contributed by atoms with Gasteiger partial charge in [0, 0.05) is 6.54 Å². The van der Waals surface area contributed by atoms with Gasteiger partial charge in [-0.15, -0.1) is 11.3 Å². The zero-order valence-corrected chi connectivity index (χ0v) is 13.8. The quantitative estimate of drug-likeness (QED) is 0.749. The minimum absolute atomic E-state index is 0.0579. The summed E-state index contributed by atoms with van der Waals surface area (Å²) in [6.45, 7) is 3.77. The van der Waals surface area contributed by atoms with Gasteiger partial charge in [0.1, 0.15) is 4.21 Å². The second kappa shape index (κ2) is 6.34. The molecule has 0 amide bonds. The maximum Gasteiger partial charge on any atom is 0.250 e.